The Morgan fingerprint density at radius 2 is 1.00 bits per heavy atom. The molecule has 166 valence electrons. The van der Waals surface area contributed by atoms with Gasteiger partial charge in [-0.2, -0.15) is 0 Å². The first-order valence-corrected chi connectivity index (χ1v) is 10.5. The summed E-state index contributed by atoms with van der Waals surface area (Å²) < 4.78 is 22.2. The topological polar surface area (TPSA) is 71.1 Å². The van der Waals surface area contributed by atoms with Crippen LogP contribution in [0.25, 0.3) is 0 Å². The molecule has 32 heavy (non-hydrogen) atoms. The third-order valence-electron chi connectivity index (χ3n) is 4.55. The van der Waals surface area contributed by atoms with Crippen LogP contribution < -0.4 is 9.47 Å². The molecule has 0 unspecified atom stereocenters. The fraction of sp³-hybridized carbons (Fsp3) is 0.231. The second kappa shape index (κ2) is 11.6. The van der Waals surface area contributed by atoms with Gasteiger partial charge >= 0.3 is 11.9 Å². The zero-order chi connectivity index (χ0) is 22.8. The zero-order valence-corrected chi connectivity index (χ0v) is 18.2. The minimum Gasteiger partial charge on any atom is -0.488 e. The number of carbonyl (C=O) groups is 2. The molecular weight excluding hydrogens is 408 g/mol. The Labute approximate surface area is 187 Å². The molecule has 0 fully saturated rings. The molecule has 3 aromatic rings. The first-order chi connectivity index (χ1) is 15.6. The third kappa shape index (κ3) is 6.11. The Morgan fingerprint density at radius 3 is 1.34 bits per heavy atom. The molecule has 0 aliphatic carbocycles. The van der Waals surface area contributed by atoms with E-state index in [-0.39, 0.29) is 49.1 Å². The molecule has 0 N–H and O–H groups in total. The van der Waals surface area contributed by atoms with E-state index in [9.17, 15) is 9.59 Å². The molecule has 0 spiro atoms. The molecule has 6 nitrogen and oxygen atoms in total. The molecule has 0 heterocycles. The molecule has 6 heteroatoms. The Balaban J connectivity index is 1.96. The van der Waals surface area contributed by atoms with Crippen LogP contribution in [0, 0.1) is 0 Å². The van der Waals surface area contributed by atoms with Crippen LogP contribution in [0.1, 0.15) is 45.7 Å². The molecule has 0 aliphatic heterocycles. The van der Waals surface area contributed by atoms with Gasteiger partial charge in [-0.3, -0.25) is 0 Å². The van der Waals surface area contributed by atoms with Crippen LogP contribution in [-0.2, 0) is 22.7 Å². The second-order valence-corrected chi connectivity index (χ2v) is 6.83. The lowest BCUT2D eigenvalue weighted by Gasteiger charge is -2.17. The van der Waals surface area contributed by atoms with Gasteiger partial charge in [0.15, 0.2) is 0 Å². The Morgan fingerprint density at radius 1 is 0.625 bits per heavy atom. The number of rotatable bonds is 10. The molecular formula is C26H26O6. The Hall–Kier alpha value is -3.80. The van der Waals surface area contributed by atoms with Crippen molar-refractivity contribution in [1.29, 1.82) is 0 Å². The summed E-state index contributed by atoms with van der Waals surface area (Å²) in [5.74, 6) is -0.670. The van der Waals surface area contributed by atoms with E-state index in [2.05, 4.69) is 0 Å². The van der Waals surface area contributed by atoms with Gasteiger partial charge in [0.25, 0.3) is 0 Å². The highest BCUT2D eigenvalue weighted by Crippen LogP contribution is 2.32. The maximum absolute atomic E-state index is 12.6. The van der Waals surface area contributed by atoms with Crippen molar-refractivity contribution in [3.8, 4) is 11.5 Å². The van der Waals surface area contributed by atoms with E-state index in [1.165, 1.54) is 12.1 Å². The average Bonchev–Trinajstić information content (AvgIpc) is 2.83. The van der Waals surface area contributed by atoms with Crippen molar-refractivity contribution in [2.75, 3.05) is 13.2 Å². The zero-order valence-electron chi connectivity index (χ0n) is 18.2. The minimum absolute atomic E-state index is 0.180. The van der Waals surface area contributed by atoms with Crippen LogP contribution in [0.2, 0.25) is 0 Å². The minimum atomic E-state index is -0.560. The lowest BCUT2D eigenvalue weighted by atomic mass is 10.1. The van der Waals surface area contributed by atoms with Crippen LogP contribution in [-0.4, -0.2) is 25.2 Å². The molecule has 0 aliphatic rings. The average molecular weight is 434 g/mol. The first kappa shape index (κ1) is 22.9. The summed E-state index contributed by atoms with van der Waals surface area (Å²) in [4.78, 5) is 25.3. The van der Waals surface area contributed by atoms with Crippen molar-refractivity contribution in [2.45, 2.75) is 27.1 Å². The highest BCUT2D eigenvalue weighted by atomic mass is 16.5. The maximum Gasteiger partial charge on any atom is 0.342 e. The van der Waals surface area contributed by atoms with Crippen molar-refractivity contribution in [3.63, 3.8) is 0 Å². The Kier molecular flexibility index (Phi) is 8.26. The van der Waals surface area contributed by atoms with Crippen molar-refractivity contribution in [2.24, 2.45) is 0 Å². The molecule has 0 saturated carbocycles. The molecule has 0 atom stereocenters. The van der Waals surface area contributed by atoms with E-state index in [1.807, 2.05) is 60.7 Å². The molecule has 3 rings (SSSR count). The molecule has 0 aromatic heterocycles. The van der Waals surface area contributed by atoms with Gasteiger partial charge in [-0.1, -0.05) is 60.7 Å². The summed E-state index contributed by atoms with van der Waals surface area (Å²) in [6, 6.07) is 22.0. The fourth-order valence-electron chi connectivity index (χ4n) is 3.01. The van der Waals surface area contributed by atoms with Gasteiger partial charge in [-0.15, -0.1) is 0 Å². The number of esters is 2. The van der Waals surface area contributed by atoms with E-state index in [0.29, 0.717) is 0 Å². The summed E-state index contributed by atoms with van der Waals surface area (Å²) in [7, 11) is 0. The van der Waals surface area contributed by atoms with E-state index in [1.54, 1.807) is 13.8 Å². The predicted octanol–water partition coefficient (Wildman–Crippen LogP) is 5.20. The second-order valence-electron chi connectivity index (χ2n) is 6.83. The lowest BCUT2D eigenvalue weighted by Crippen LogP contribution is -2.13. The fourth-order valence-corrected chi connectivity index (χ4v) is 3.01. The van der Waals surface area contributed by atoms with Crippen molar-refractivity contribution in [3.05, 3.63) is 95.1 Å². The molecule has 0 saturated heterocycles. The number of carbonyl (C=O) groups excluding carboxylic acids is 2. The van der Waals surface area contributed by atoms with Crippen molar-refractivity contribution >= 4 is 11.9 Å². The van der Waals surface area contributed by atoms with Gasteiger partial charge in [-0.25, -0.2) is 9.59 Å². The molecule has 0 amide bonds. The van der Waals surface area contributed by atoms with E-state index < -0.39 is 11.9 Å². The van der Waals surface area contributed by atoms with Gasteiger partial charge in [0, 0.05) is 0 Å². The quantitative estimate of drug-likeness (QED) is 0.409. The smallest absolute Gasteiger partial charge is 0.342 e. The molecule has 0 radical (unpaired) electrons. The van der Waals surface area contributed by atoms with Crippen LogP contribution >= 0.6 is 0 Å². The third-order valence-corrected chi connectivity index (χ3v) is 4.55. The summed E-state index contributed by atoms with van der Waals surface area (Å²) in [5.41, 5.74) is 2.20. The molecule has 3 aromatic carbocycles. The summed E-state index contributed by atoms with van der Waals surface area (Å²) in [6.07, 6.45) is 0. The van der Waals surface area contributed by atoms with E-state index in [4.69, 9.17) is 18.9 Å². The first-order valence-electron chi connectivity index (χ1n) is 10.5. The summed E-state index contributed by atoms with van der Waals surface area (Å²) >= 11 is 0. The van der Waals surface area contributed by atoms with Crippen molar-refractivity contribution in [1.82, 2.24) is 0 Å². The number of hydrogen-bond donors (Lipinski definition) is 0. The van der Waals surface area contributed by atoms with E-state index >= 15 is 0 Å². The standard InChI is InChI=1S/C26H26O6/c1-3-29-25(27)21-15-24(32-18-20-13-9-6-10-14-20)22(26(28)30-4-2)16-23(21)31-17-19-11-7-5-8-12-19/h5-16H,3-4,17-18H2,1-2H3. The maximum atomic E-state index is 12.6. The SMILES string of the molecule is CCOC(=O)c1cc(OCc2ccccc2)c(C(=O)OCC)cc1OCc1ccccc1. The number of hydrogen-bond acceptors (Lipinski definition) is 6. The van der Waals surface area contributed by atoms with Crippen LogP contribution in [0.4, 0.5) is 0 Å². The van der Waals surface area contributed by atoms with Gasteiger partial charge in [0.2, 0.25) is 0 Å². The van der Waals surface area contributed by atoms with Crippen LogP contribution in [0.15, 0.2) is 72.8 Å². The predicted molar refractivity (Wildman–Crippen MR) is 120 cm³/mol. The van der Waals surface area contributed by atoms with E-state index in [0.717, 1.165) is 11.1 Å². The normalized spacial score (nSPS) is 10.3. The van der Waals surface area contributed by atoms with Crippen LogP contribution in [0.5, 0.6) is 11.5 Å². The van der Waals surface area contributed by atoms with Gasteiger partial charge in [0.1, 0.15) is 35.8 Å². The molecule has 0 bridgehead atoms. The number of ether oxygens (including phenoxy) is 4. The Bertz CT molecular complexity index is 946. The summed E-state index contributed by atoms with van der Waals surface area (Å²) in [5, 5.41) is 0. The van der Waals surface area contributed by atoms with Crippen LogP contribution in [0.3, 0.4) is 0 Å². The van der Waals surface area contributed by atoms with Gasteiger partial charge < -0.3 is 18.9 Å². The highest BCUT2D eigenvalue weighted by molar-refractivity contribution is 5.98. The van der Waals surface area contributed by atoms with Crippen molar-refractivity contribution < 1.29 is 28.5 Å². The highest BCUT2D eigenvalue weighted by Gasteiger charge is 2.23. The number of benzene rings is 3. The van der Waals surface area contributed by atoms with Gasteiger partial charge in [-0.05, 0) is 37.1 Å². The van der Waals surface area contributed by atoms with Gasteiger partial charge in [0.05, 0.1) is 13.2 Å². The monoisotopic (exact) mass is 434 g/mol. The lowest BCUT2D eigenvalue weighted by molar-refractivity contribution is 0.0502. The largest absolute Gasteiger partial charge is 0.488 e. The summed E-state index contributed by atoms with van der Waals surface area (Å²) in [6.45, 7) is 4.30.